The number of aromatic nitrogens is 4. The number of H-pyrrole nitrogens is 2. The molecular formula is C67H80N8O4. The molecule has 6 aromatic rings. The zero-order valence-electron chi connectivity index (χ0n) is 49.5. The number of rotatable bonds is 10. The number of amides is 2. The number of carbonyl (C=O) groups is 2. The molecule has 0 spiro atoms. The normalized spacial score (nSPS) is 14.4. The Morgan fingerprint density at radius 3 is 1.61 bits per heavy atom. The molecule has 0 bridgehead atoms. The molecule has 4 aromatic carbocycles. The summed E-state index contributed by atoms with van der Waals surface area (Å²) in [4.78, 5) is 50.9. The molecule has 12 heteroatoms. The van der Waals surface area contributed by atoms with Crippen LogP contribution in [-0.2, 0) is 22.3 Å². The lowest BCUT2D eigenvalue weighted by molar-refractivity contribution is 0.0485. The van der Waals surface area contributed by atoms with E-state index in [1.54, 1.807) is 0 Å². The SMILES string of the molecule is CC(C)[C@H](C)c1ncc(-c2ccc(C#Cc3ccc4c(c3)CC([C@@H](NC(=O)OC(C)(C)C)C(C)(C)C)=N4)cc2)[nH]1.CC(C)[C@H](NC(=O)OC(C)(C)C)C1=Nc2ccc(C#CC#Cc3ccc4nc([C@@H](C)C(C)C)[nH]c4c3)cc2C1. The lowest BCUT2D eigenvalue weighted by atomic mass is 9.82. The number of hydrogen-bond acceptors (Lipinski definition) is 8. The molecule has 0 saturated heterocycles. The van der Waals surface area contributed by atoms with Gasteiger partial charge in [0.1, 0.15) is 22.9 Å². The molecule has 4 N–H and O–H groups in total. The molecular weight excluding hydrogens is 981 g/mol. The van der Waals surface area contributed by atoms with E-state index in [0.29, 0.717) is 36.5 Å². The van der Waals surface area contributed by atoms with Crippen molar-refractivity contribution in [3.8, 4) is 46.8 Å². The van der Waals surface area contributed by atoms with Gasteiger partial charge >= 0.3 is 12.2 Å². The van der Waals surface area contributed by atoms with E-state index in [4.69, 9.17) is 24.4 Å². The van der Waals surface area contributed by atoms with Crippen LogP contribution in [0.15, 0.2) is 95.0 Å². The van der Waals surface area contributed by atoms with Gasteiger partial charge in [0.05, 0.1) is 46.4 Å². The standard InChI is InChI=1S/C34H42N4O2.C33H38N4O2/c1-21(2)22(3)31-35-20-29(37-31)25-15-12-23(13-16-25)10-11-24-14-17-27-26(18-24)19-28(36-27)30(33(4,5)6)38-32(39)40-34(7,8)9;1-20(2)22(5)31-35-27-16-14-24(18-28(27)36-31)12-10-9-11-23-13-15-26-25(17-23)19-29(34-26)30(21(3)4)37-32(38)39-33(6,7)8/h12-18,20-22,30H,19H2,1-9H3,(H,35,37)(H,38,39);13-18,20-22,30H,19H2,1-8H3,(H,35,36)(H,37,38)/t22-,30+;22-,30-/m00/s1. The number of aliphatic imine (C=N–C) groups is 2. The molecule has 0 radical (unpaired) electrons. The maximum absolute atomic E-state index is 12.6. The largest absolute Gasteiger partial charge is 0.444 e. The summed E-state index contributed by atoms with van der Waals surface area (Å²) in [5.74, 6) is 22.8. The number of hydrogen-bond donors (Lipinski definition) is 4. The molecule has 0 fully saturated rings. The highest BCUT2D eigenvalue weighted by Crippen LogP contribution is 2.34. The predicted molar refractivity (Wildman–Crippen MR) is 321 cm³/mol. The van der Waals surface area contributed by atoms with Gasteiger partial charge in [-0.1, -0.05) is 112 Å². The molecule has 12 nitrogen and oxygen atoms in total. The maximum atomic E-state index is 12.6. The Balaban J connectivity index is 0.000000229. The van der Waals surface area contributed by atoms with Crippen molar-refractivity contribution < 1.29 is 19.1 Å². The fourth-order valence-electron chi connectivity index (χ4n) is 9.00. The monoisotopic (exact) mass is 1060 g/mol. The van der Waals surface area contributed by atoms with E-state index < -0.39 is 23.4 Å². The van der Waals surface area contributed by atoms with Crippen LogP contribution in [0.2, 0.25) is 0 Å². The first-order chi connectivity index (χ1) is 37.1. The van der Waals surface area contributed by atoms with Gasteiger partial charge in [0.25, 0.3) is 0 Å². The summed E-state index contributed by atoms with van der Waals surface area (Å²) in [5, 5.41) is 6.05. The first-order valence-corrected chi connectivity index (χ1v) is 27.7. The van der Waals surface area contributed by atoms with E-state index in [9.17, 15) is 9.59 Å². The van der Waals surface area contributed by atoms with E-state index in [1.165, 1.54) is 0 Å². The van der Waals surface area contributed by atoms with Gasteiger partial charge in [-0.2, -0.15) is 0 Å². The van der Waals surface area contributed by atoms with E-state index in [0.717, 1.165) is 90.1 Å². The lowest BCUT2D eigenvalue weighted by Gasteiger charge is -2.32. The molecule has 4 heterocycles. The minimum absolute atomic E-state index is 0.172. The van der Waals surface area contributed by atoms with E-state index >= 15 is 0 Å². The van der Waals surface area contributed by atoms with Crippen LogP contribution in [0.25, 0.3) is 22.3 Å². The summed E-state index contributed by atoms with van der Waals surface area (Å²) >= 11 is 0. The van der Waals surface area contributed by atoms with Gasteiger partial charge in [-0.05, 0) is 160 Å². The van der Waals surface area contributed by atoms with Crippen molar-refractivity contribution >= 4 is 46.0 Å². The summed E-state index contributed by atoms with van der Waals surface area (Å²) in [6.45, 7) is 34.8. The van der Waals surface area contributed by atoms with Gasteiger partial charge in [0, 0.05) is 58.4 Å². The number of ether oxygens (including phenoxy) is 2. The zero-order chi connectivity index (χ0) is 57.6. The van der Waals surface area contributed by atoms with Crippen LogP contribution >= 0.6 is 0 Å². The van der Waals surface area contributed by atoms with Crippen molar-refractivity contribution in [3.63, 3.8) is 0 Å². The zero-order valence-corrected chi connectivity index (χ0v) is 49.5. The Bertz CT molecular complexity index is 3440. The number of alkyl carbamates (subject to hydrolysis) is 2. The summed E-state index contributed by atoms with van der Waals surface area (Å²) in [5.41, 5.74) is 12.3. The number of carbonyl (C=O) groups excluding carboxylic acids is 2. The molecule has 79 heavy (non-hydrogen) atoms. The fraction of sp³-hybridized carbons (Fsp3) is 0.433. The number of aromatic amines is 2. The second-order valence-corrected chi connectivity index (χ2v) is 25.0. The summed E-state index contributed by atoms with van der Waals surface area (Å²) < 4.78 is 11.0. The van der Waals surface area contributed by atoms with Crippen molar-refractivity contribution in [2.75, 3.05) is 0 Å². The molecule has 2 aliphatic rings. The average molecular weight is 1060 g/mol. The smallest absolute Gasteiger partial charge is 0.408 e. The quantitative estimate of drug-likeness (QED) is 0.100. The van der Waals surface area contributed by atoms with Crippen molar-refractivity contribution in [1.29, 1.82) is 0 Å². The van der Waals surface area contributed by atoms with Crippen LogP contribution in [0.1, 0.15) is 175 Å². The third-order valence-electron chi connectivity index (χ3n) is 14.0. The number of nitrogens with one attached hydrogen (secondary N) is 4. The highest BCUT2D eigenvalue weighted by molar-refractivity contribution is 6.00. The van der Waals surface area contributed by atoms with Gasteiger partial charge in [0.15, 0.2) is 0 Å². The predicted octanol–water partition coefficient (Wildman–Crippen LogP) is 14.7. The Morgan fingerprint density at radius 2 is 1.05 bits per heavy atom. The molecule has 2 aromatic heterocycles. The second kappa shape index (κ2) is 24.4. The fourth-order valence-corrected chi connectivity index (χ4v) is 9.00. The summed E-state index contributed by atoms with van der Waals surface area (Å²) in [7, 11) is 0. The molecule has 412 valence electrons. The second-order valence-electron chi connectivity index (χ2n) is 25.0. The lowest BCUT2D eigenvalue weighted by Crippen LogP contribution is -2.50. The number of nitrogens with zero attached hydrogens (tertiary/aromatic N) is 4. The average Bonchev–Trinajstić information content (AvgIpc) is 4.32. The molecule has 0 unspecified atom stereocenters. The number of fused-ring (bicyclic) bond motifs is 3. The minimum Gasteiger partial charge on any atom is -0.444 e. The van der Waals surface area contributed by atoms with Crippen LogP contribution < -0.4 is 10.6 Å². The van der Waals surface area contributed by atoms with Crippen molar-refractivity contribution in [3.05, 3.63) is 130 Å². The Kier molecular flexibility index (Phi) is 18.2. The Labute approximate surface area is 469 Å². The molecule has 8 rings (SSSR count). The summed E-state index contributed by atoms with van der Waals surface area (Å²) in [6.07, 6.45) is 2.38. The highest BCUT2D eigenvalue weighted by Gasteiger charge is 2.35. The van der Waals surface area contributed by atoms with Crippen LogP contribution in [-0.4, -0.2) is 66.8 Å². The first kappa shape index (κ1) is 58.8. The van der Waals surface area contributed by atoms with Gasteiger partial charge in [-0.15, -0.1) is 0 Å². The maximum Gasteiger partial charge on any atom is 0.408 e. The third-order valence-corrected chi connectivity index (χ3v) is 14.0. The first-order valence-electron chi connectivity index (χ1n) is 27.7. The van der Waals surface area contributed by atoms with Gasteiger partial charge in [-0.25, -0.2) is 19.6 Å². The van der Waals surface area contributed by atoms with Crippen LogP contribution in [0.5, 0.6) is 0 Å². The topological polar surface area (TPSA) is 159 Å². The molecule has 2 amide bonds. The van der Waals surface area contributed by atoms with Crippen molar-refractivity contribution in [2.24, 2.45) is 33.2 Å². The van der Waals surface area contributed by atoms with Crippen LogP contribution in [0, 0.1) is 58.7 Å². The van der Waals surface area contributed by atoms with Gasteiger partial charge in [-0.3, -0.25) is 9.98 Å². The molecule has 0 aliphatic carbocycles. The minimum atomic E-state index is -0.560. The molecule has 2 aliphatic heterocycles. The Hall–Kier alpha value is -7.88. The summed E-state index contributed by atoms with van der Waals surface area (Å²) in [6, 6.07) is 25.9. The van der Waals surface area contributed by atoms with Gasteiger partial charge < -0.3 is 30.1 Å². The van der Waals surface area contributed by atoms with Gasteiger partial charge in [0.2, 0.25) is 0 Å². The van der Waals surface area contributed by atoms with E-state index in [2.05, 4.69) is 162 Å². The molecule has 0 saturated carbocycles. The van der Waals surface area contributed by atoms with Crippen LogP contribution in [0.4, 0.5) is 21.0 Å². The highest BCUT2D eigenvalue weighted by atomic mass is 16.6. The van der Waals surface area contributed by atoms with Crippen molar-refractivity contribution in [1.82, 2.24) is 30.6 Å². The van der Waals surface area contributed by atoms with Crippen LogP contribution in [0.3, 0.4) is 0 Å². The number of benzene rings is 4. The molecule has 4 atom stereocenters. The number of imidazole rings is 2. The van der Waals surface area contributed by atoms with E-state index in [1.807, 2.05) is 102 Å². The third kappa shape index (κ3) is 16.1. The van der Waals surface area contributed by atoms with Crippen molar-refractivity contribution in [2.45, 2.75) is 166 Å². The van der Waals surface area contributed by atoms with E-state index in [-0.39, 0.29) is 23.4 Å². The Morgan fingerprint density at radius 1 is 0.557 bits per heavy atom.